The fraction of sp³-hybridized carbons (Fsp3) is 0.375. The lowest BCUT2D eigenvalue weighted by Gasteiger charge is -2.15. The summed E-state index contributed by atoms with van der Waals surface area (Å²) < 4.78 is 6.54. The molecule has 2 aromatic rings. The molecule has 0 bridgehead atoms. The minimum atomic E-state index is -0.612. The first-order chi connectivity index (χ1) is 12.0. The fourth-order valence-electron chi connectivity index (χ4n) is 2.11. The first-order valence-corrected chi connectivity index (χ1v) is 8.53. The maximum Gasteiger partial charge on any atom is 0.321 e. The molecule has 0 aliphatic rings. The molecule has 0 radical (unpaired) electrons. The zero-order valence-electron chi connectivity index (χ0n) is 14.2. The lowest BCUT2D eigenvalue weighted by Crippen LogP contribution is -2.41. The highest BCUT2D eigenvalue weighted by molar-refractivity contribution is 8.00. The third-order valence-corrected chi connectivity index (χ3v) is 4.55. The number of carbonyl (C=O) groups excluding carboxylic acids is 2. The summed E-state index contributed by atoms with van der Waals surface area (Å²) in [6, 6.07) is 6.45. The van der Waals surface area contributed by atoms with E-state index < -0.39 is 17.2 Å². The minimum absolute atomic E-state index is 0.191. The number of benzene rings is 1. The van der Waals surface area contributed by atoms with E-state index in [9.17, 15) is 14.4 Å². The van der Waals surface area contributed by atoms with Gasteiger partial charge >= 0.3 is 6.03 Å². The molecule has 0 fully saturated rings. The van der Waals surface area contributed by atoms with Gasteiger partial charge in [-0.3, -0.25) is 19.5 Å². The number of urea groups is 1. The number of nitrogens with zero attached hydrogens (tertiary/aromatic N) is 2. The third-order valence-electron chi connectivity index (χ3n) is 3.46. The lowest BCUT2D eigenvalue weighted by atomic mass is 10.2. The van der Waals surface area contributed by atoms with E-state index in [1.54, 1.807) is 38.3 Å². The van der Waals surface area contributed by atoms with Crippen molar-refractivity contribution in [3.05, 3.63) is 34.6 Å². The molecule has 0 aliphatic heterocycles. The van der Waals surface area contributed by atoms with E-state index in [2.05, 4.69) is 15.6 Å². The maximum absolute atomic E-state index is 12.7. The molecule has 0 saturated carbocycles. The van der Waals surface area contributed by atoms with Gasteiger partial charge in [0.15, 0.2) is 5.16 Å². The normalized spacial score (nSPS) is 12.0. The zero-order chi connectivity index (χ0) is 18.4. The monoisotopic (exact) mass is 364 g/mol. The Labute approximate surface area is 149 Å². The van der Waals surface area contributed by atoms with Crippen LogP contribution in [-0.2, 0) is 16.1 Å². The Morgan fingerprint density at radius 3 is 2.76 bits per heavy atom. The van der Waals surface area contributed by atoms with Crippen molar-refractivity contribution in [1.82, 2.24) is 20.2 Å². The molecule has 0 unspecified atom stereocenters. The molecule has 0 saturated heterocycles. The molecule has 0 spiro atoms. The van der Waals surface area contributed by atoms with E-state index in [1.807, 2.05) is 0 Å². The number of thioether (sulfide) groups is 1. The molecule has 8 nitrogen and oxygen atoms in total. The molecule has 1 aromatic heterocycles. The minimum Gasteiger partial charge on any atom is -0.383 e. The van der Waals surface area contributed by atoms with E-state index in [0.29, 0.717) is 29.2 Å². The van der Waals surface area contributed by atoms with Crippen LogP contribution in [-0.4, -0.2) is 47.5 Å². The van der Waals surface area contributed by atoms with Crippen LogP contribution in [0.5, 0.6) is 0 Å². The molecule has 1 aromatic carbocycles. The van der Waals surface area contributed by atoms with E-state index in [0.717, 1.165) is 11.8 Å². The number of methoxy groups -OCH3 is 1. The van der Waals surface area contributed by atoms with Crippen molar-refractivity contribution in [2.24, 2.45) is 0 Å². The first kappa shape index (κ1) is 18.9. The summed E-state index contributed by atoms with van der Waals surface area (Å²) in [6.45, 7) is 2.30. The SMILES string of the molecule is CNC(=O)NC(=O)[C@H](C)Sc1nc2ccccc2c(=O)n1CCOC. The number of imide groups is 1. The molecule has 25 heavy (non-hydrogen) atoms. The highest BCUT2D eigenvalue weighted by Gasteiger charge is 2.20. The number of hydrogen-bond acceptors (Lipinski definition) is 6. The number of carbonyl (C=O) groups is 2. The Balaban J connectivity index is 2.36. The lowest BCUT2D eigenvalue weighted by molar-refractivity contribution is -0.119. The van der Waals surface area contributed by atoms with Crippen molar-refractivity contribution < 1.29 is 14.3 Å². The zero-order valence-corrected chi connectivity index (χ0v) is 15.1. The summed E-state index contributed by atoms with van der Waals surface area (Å²) in [6.07, 6.45) is 0. The molecular formula is C16H20N4O4S. The van der Waals surface area contributed by atoms with Crippen LogP contribution >= 0.6 is 11.8 Å². The summed E-state index contributed by atoms with van der Waals surface area (Å²) in [7, 11) is 2.97. The Hall–Kier alpha value is -2.39. The van der Waals surface area contributed by atoms with Crippen LogP contribution in [0.3, 0.4) is 0 Å². The summed E-state index contributed by atoms with van der Waals surface area (Å²) in [5.74, 6) is -0.468. The van der Waals surface area contributed by atoms with Crippen molar-refractivity contribution in [2.75, 3.05) is 20.8 Å². The van der Waals surface area contributed by atoms with Crippen molar-refractivity contribution in [3.8, 4) is 0 Å². The summed E-state index contributed by atoms with van der Waals surface area (Å²) in [4.78, 5) is 40.6. The van der Waals surface area contributed by atoms with Crippen molar-refractivity contribution in [3.63, 3.8) is 0 Å². The number of ether oxygens (including phenoxy) is 1. The molecule has 134 valence electrons. The highest BCUT2D eigenvalue weighted by atomic mass is 32.2. The van der Waals surface area contributed by atoms with Gasteiger partial charge in [-0.1, -0.05) is 23.9 Å². The van der Waals surface area contributed by atoms with E-state index >= 15 is 0 Å². The molecule has 1 atom stereocenters. The topological polar surface area (TPSA) is 102 Å². The molecule has 2 rings (SSSR count). The van der Waals surface area contributed by atoms with Crippen LogP contribution in [0.25, 0.3) is 10.9 Å². The standard InChI is InChI=1S/C16H20N4O4S/c1-10(13(21)19-15(23)17-2)25-16-18-12-7-5-4-6-11(12)14(22)20(16)8-9-24-3/h4-7,10H,8-9H2,1-3H3,(H2,17,19,21,23)/t10-/m0/s1. The van der Waals surface area contributed by atoms with E-state index in [4.69, 9.17) is 4.74 Å². The van der Waals surface area contributed by atoms with Gasteiger partial charge < -0.3 is 10.1 Å². The number of nitrogens with one attached hydrogen (secondary N) is 2. The van der Waals surface area contributed by atoms with Crippen molar-refractivity contribution >= 4 is 34.6 Å². The largest absolute Gasteiger partial charge is 0.383 e. The molecule has 3 amide bonds. The fourth-order valence-corrected chi connectivity index (χ4v) is 3.04. The first-order valence-electron chi connectivity index (χ1n) is 7.65. The second-order valence-corrected chi connectivity index (χ2v) is 6.50. The van der Waals surface area contributed by atoms with Gasteiger partial charge in [0.2, 0.25) is 5.91 Å². The molecule has 1 heterocycles. The maximum atomic E-state index is 12.7. The summed E-state index contributed by atoms with van der Waals surface area (Å²) in [5, 5.41) is 4.83. The van der Waals surface area contributed by atoms with Crippen LogP contribution in [0.2, 0.25) is 0 Å². The molecular weight excluding hydrogens is 344 g/mol. The Kier molecular flexibility index (Phi) is 6.54. The number of para-hydroxylation sites is 1. The number of aromatic nitrogens is 2. The van der Waals surface area contributed by atoms with Crippen LogP contribution in [0.15, 0.2) is 34.2 Å². The Morgan fingerprint density at radius 1 is 1.36 bits per heavy atom. The van der Waals surface area contributed by atoms with Gasteiger partial charge in [0, 0.05) is 14.2 Å². The second kappa shape index (κ2) is 8.63. The van der Waals surface area contributed by atoms with Gasteiger partial charge in [0.1, 0.15) is 0 Å². The summed E-state index contributed by atoms with van der Waals surface area (Å²) >= 11 is 1.11. The Morgan fingerprint density at radius 2 is 2.08 bits per heavy atom. The predicted octanol–water partition coefficient (Wildman–Crippen LogP) is 0.979. The van der Waals surface area contributed by atoms with Crippen LogP contribution in [0.4, 0.5) is 4.79 Å². The van der Waals surface area contributed by atoms with Gasteiger partial charge in [0.25, 0.3) is 5.56 Å². The van der Waals surface area contributed by atoms with E-state index in [-0.39, 0.29) is 5.56 Å². The predicted molar refractivity (Wildman–Crippen MR) is 95.8 cm³/mol. The summed E-state index contributed by atoms with van der Waals surface area (Å²) in [5.41, 5.74) is 0.367. The van der Waals surface area contributed by atoms with Gasteiger partial charge in [-0.15, -0.1) is 0 Å². The Bertz CT molecular complexity index is 836. The van der Waals surface area contributed by atoms with Crippen LogP contribution < -0.4 is 16.2 Å². The molecule has 2 N–H and O–H groups in total. The van der Waals surface area contributed by atoms with Gasteiger partial charge in [0.05, 0.1) is 29.3 Å². The average Bonchev–Trinajstić information content (AvgIpc) is 2.61. The average molecular weight is 364 g/mol. The third kappa shape index (κ3) is 4.58. The number of hydrogen-bond donors (Lipinski definition) is 2. The number of amides is 3. The smallest absolute Gasteiger partial charge is 0.321 e. The molecule has 0 aliphatic carbocycles. The van der Waals surface area contributed by atoms with Gasteiger partial charge in [-0.2, -0.15) is 0 Å². The van der Waals surface area contributed by atoms with E-state index in [1.165, 1.54) is 11.6 Å². The number of rotatable bonds is 6. The van der Waals surface area contributed by atoms with Crippen LogP contribution in [0, 0.1) is 0 Å². The van der Waals surface area contributed by atoms with Gasteiger partial charge in [-0.25, -0.2) is 9.78 Å². The number of fused-ring (bicyclic) bond motifs is 1. The van der Waals surface area contributed by atoms with Crippen molar-refractivity contribution in [1.29, 1.82) is 0 Å². The quantitative estimate of drug-likeness (QED) is 0.585. The highest BCUT2D eigenvalue weighted by Crippen LogP contribution is 2.22. The van der Waals surface area contributed by atoms with Gasteiger partial charge in [-0.05, 0) is 19.1 Å². The second-order valence-electron chi connectivity index (χ2n) is 5.19. The van der Waals surface area contributed by atoms with Crippen LogP contribution in [0.1, 0.15) is 6.92 Å². The molecule has 9 heteroatoms. The van der Waals surface area contributed by atoms with Crippen molar-refractivity contribution in [2.45, 2.75) is 23.9 Å².